The number of benzene rings is 1. The Bertz CT molecular complexity index is 1120. The number of primary sulfonamides is 1. The zero-order chi connectivity index (χ0) is 26.0. The summed E-state index contributed by atoms with van der Waals surface area (Å²) in [5.41, 5.74) is -2.64. The zero-order valence-corrected chi connectivity index (χ0v) is 19.9. The molecule has 35 heavy (non-hydrogen) atoms. The lowest BCUT2D eigenvalue weighted by atomic mass is 9.96. The summed E-state index contributed by atoms with van der Waals surface area (Å²) >= 11 is 0. The molecular formula is C18H24F3N5O7S2. The van der Waals surface area contributed by atoms with Gasteiger partial charge in [0.15, 0.2) is 0 Å². The Morgan fingerprint density at radius 1 is 1.26 bits per heavy atom. The SMILES string of the molecule is NS(=O)(=O)c1cc2c(cc1C(F)(F)F)NC1(CCN(C(=O)CCCCCO[N+](=O)[O-])CC1)NS2=O. The van der Waals surface area contributed by atoms with Gasteiger partial charge in [0.05, 0.1) is 27.6 Å². The van der Waals surface area contributed by atoms with E-state index >= 15 is 0 Å². The van der Waals surface area contributed by atoms with Gasteiger partial charge in [0.1, 0.15) is 16.6 Å². The number of likely N-dealkylation sites (tertiary alicyclic amines) is 1. The van der Waals surface area contributed by atoms with Crippen molar-refractivity contribution in [1.82, 2.24) is 9.62 Å². The predicted molar refractivity (Wildman–Crippen MR) is 116 cm³/mol. The summed E-state index contributed by atoms with van der Waals surface area (Å²) in [6.45, 7) is 0.451. The first-order valence-corrected chi connectivity index (χ1v) is 13.2. The quantitative estimate of drug-likeness (QED) is 0.251. The second kappa shape index (κ2) is 10.2. The summed E-state index contributed by atoms with van der Waals surface area (Å²) < 4.78 is 79.5. The van der Waals surface area contributed by atoms with Crippen LogP contribution < -0.4 is 15.2 Å². The summed E-state index contributed by atoms with van der Waals surface area (Å²) in [6.07, 6.45) is -2.79. The highest BCUT2D eigenvalue weighted by atomic mass is 32.2. The molecular weight excluding hydrogens is 519 g/mol. The number of unbranched alkanes of at least 4 members (excludes halogenated alkanes) is 2. The molecule has 12 nitrogen and oxygen atoms in total. The van der Waals surface area contributed by atoms with Crippen LogP contribution >= 0.6 is 0 Å². The van der Waals surface area contributed by atoms with Gasteiger partial charge in [0.25, 0.3) is 5.09 Å². The van der Waals surface area contributed by atoms with Gasteiger partial charge in [0.2, 0.25) is 15.9 Å². The van der Waals surface area contributed by atoms with Gasteiger partial charge < -0.3 is 15.1 Å². The van der Waals surface area contributed by atoms with Gasteiger partial charge in [-0.15, -0.1) is 10.1 Å². The highest BCUT2D eigenvalue weighted by Crippen LogP contribution is 2.41. The summed E-state index contributed by atoms with van der Waals surface area (Å²) in [6, 6.07) is 1.25. The van der Waals surface area contributed by atoms with E-state index in [1.807, 2.05) is 0 Å². The van der Waals surface area contributed by atoms with Crippen LogP contribution in [0.25, 0.3) is 0 Å². The van der Waals surface area contributed by atoms with Crippen LogP contribution in [0.4, 0.5) is 18.9 Å². The number of anilines is 1. The maximum atomic E-state index is 13.5. The third-order valence-corrected chi connectivity index (χ3v) is 8.02. The second-order valence-corrected chi connectivity index (χ2v) is 10.9. The Balaban J connectivity index is 1.65. The lowest BCUT2D eigenvalue weighted by Gasteiger charge is -2.45. The highest BCUT2D eigenvalue weighted by Gasteiger charge is 2.44. The van der Waals surface area contributed by atoms with Crippen LogP contribution in [-0.4, -0.2) is 53.9 Å². The molecule has 4 N–H and O–H groups in total. The molecule has 0 aliphatic carbocycles. The number of nitrogens with one attached hydrogen (secondary N) is 2. The Morgan fingerprint density at radius 2 is 1.91 bits per heavy atom. The van der Waals surface area contributed by atoms with Crippen LogP contribution in [0.15, 0.2) is 21.9 Å². The van der Waals surface area contributed by atoms with Gasteiger partial charge in [-0.05, 0) is 25.0 Å². The molecule has 1 aromatic carbocycles. The molecule has 2 heterocycles. The molecule has 1 atom stereocenters. The van der Waals surface area contributed by atoms with Crippen molar-refractivity contribution in [3.05, 3.63) is 27.8 Å². The molecule has 0 radical (unpaired) electrons. The van der Waals surface area contributed by atoms with Gasteiger partial charge in [-0.2, -0.15) is 13.2 Å². The normalized spacial score (nSPS) is 19.7. The number of amides is 1. The number of halogens is 3. The summed E-state index contributed by atoms with van der Waals surface area (Å²) in [4.78, 5) is 27.0. The molecule has 1 saturated heterocycles. The minimum absolute atomic E-state index is 0.0435. The minimum atomic E-state index is -5.01. The van der Waals surface area contributed by atoms with Gasteiger partial charge in [-0.3, -0.25) is 4.79 Å². The number of sulfonamides is 1. The first-order chi connectivity index (χ1) is 16.2. The van der Waals surface area contributed by atoms with Crippen LogP contribution in [0, 0.1) is 10.1 Å². The smallest absolute Gasteiger partial charge is 0.365 e. The van der Waals surface area contributed by atoms with Gasteiger partial charge >= 0.3 is 6.18 Å². The molecule has 196 valence electrons. The third kappa shape index (κ3) is 6.59. The van der Waals surface area contributed by atoms with Crippen molar-refractivity contribution in [3.63, 3.8) is 0 Å². The van der Waals surface area contributed by atoms with Crippen LogP contribution in [-0.2, 0) is 36.8 Å². The molecule has 0 saturated carbocycles. The first-order valence-electron chi connectivity index (χ1n) is 10.5. The van der Waals surface area contributed by atoms with Crippen LogP contribution in [0.5, 0.6) is 0 Å². The van der Waals surface area contributed by atoms with Crippen LogP contribution in [0.1, 0.15) is 44.1 Å². The number of rotatable bonds is 8. The lowest BCUT2D eigenvalue weighted by Crippen LogP contribution is -2.61. The van der Waals surface area contributed by atoms with Gasteiger partial charge in [-0.1, -0.05) is 6.42 Å². The van der Waals surface area contributed by atoms with E-state index in [-0.39, 0.29) is 55.4 Å². The van der Waals surface area contributed by atoms with E-state index in [2.05, 4.69) is 14.9 Å². The highest BCUT2D eigenvalue weighted by molar-refractivity contribution is 7.89. The van der Waals surface area contributed by atoms with Crippen molar-refractivity contribution in [2.45, 2.75) is 60.2 Å². The van der Waals surface area contributed by atoms with Crippen LogP contribution in [0.2, 0.25) is 0 Å². The average Bonchev–Trinajstić information content (AvgIpc) is 2.74. The number of carbonyl (C=O) groups is 1. The maximum absolute atomic E-state index is 13.5. The number of hydrogen-bond acceptors (Lipinski definition) is 8. The van der Waals surface area contributed by atoms with E-state index in [1.54, 1.807) is 4.90 Å². The van der Waals surface area contributed by atoms with Crippen LogP contribution in [0.3, 0.4) is 0 Å². The predicted octanol–water partition coefficient (Wildman–Crippen LogP) is 1.48. The van der Waals surface area contributed by atoms with Crippen molar-refractivity contribution < 1.29 is 40.5 Å². The number of hydrogen-bond donors (Lipinski definition) is 3. The lowest BCUT2D eigenvalue weighted by molar-refractivity contribution is -0.757. The van der Waals surface area contributed by atoms with E-state index < -0.39 is 48.4 Å². The molecule has 0 aromatic heterocycles. The monoisotopic (exact) mass is 543 g/mol. The number of piperidine rings is 1. The Kier molecular flexibility index (Phi) is 7.93. The molecule has 1 aromatic rings. The number of nitrogens with two attached hydrogens (primary N) is 1. The number of carbonyl (C=O) groups excluding carboxylic acids is 1. The molecule has 1 amide bonds. The maximum Gasteiger partial charge on any atom is 0.417 e. The van der Waals surface area contributed by atoms with Gasteiger partial charge in [0, 0.05) is 32.4 Å². The number of alkyl halides is 3. The zero-order valence-electron chi connectivity index (χ0n) is 18.3. The van der Waals surface area contributed by atoms with Crippen molar-refractivity contribution in [2.24, 2.45) is 5.14 Å². The molecule has 1 fully saturated rings. The van der Waals surface area contributed by atoms with E-state index in [4.69, 9.17) is 5.14 Å². The fourth-order valence-corrected chi connectivity index (χ4v) is 6.09. The second-order valence-electron chi connectivity index (χ2n) is 8.21. The Labute approximate surface area is 201 Å². The van der Waals surface area contributed by atoms with Gasteiger partial charge in [-0.25, -0.2) is 22.5 Å². The van der Waals surface area contributed by atoms with Crippen molar-refractivity contribution >= 4 is 32.6 Å². The van der Waals surface area contributed by atoms with Crippen molar-refractivity contribution in [3.8, 4) is 0 Å². The molecule has 17 heteroatoms. The van der Waals surface area contributed by atoms with E-state index in [0.717, 1.165) is 0 Å². The largest absolute Gasteiger partial charge is 0.417 e. The summed E-state index contributed by atoms with van der Waals surface area (Å²) in [7, 11) is -6.76. The molecule has 1 unspecified atom stereocenters. The van der Waals surface area contributed by atoms with Crippen molar-refractivity contribution in [1.29, 1.82) is 0 Å². The Morgan fingerprint density at radius 3 is 2.49 bits per heavy atom. The van der Waals surface area contributed by atoms with Crippen molar-refractivity contribution in [2.75, 3.05) is 25.0 Å². The van der Waals surface area contributed by atoms with E-state index in [1.165, 1.54) is 0 Å². The fraction of sp³-hybridized carbons (Fsp3) is 0.611. The molecule has 0 bridgehead atoms. The average molecular weight is 544 g/mol. The topological polar surface area (TPSA) is 174 Å². The first kappa shape index (κ1) is 27.1. The van der Waals surface area contributed by atoms with E-state index in [0.29, 0.717) is 31.4 Å². The number of nitrogens with zero attached hydrogens (tertiary/aromatic N) is 2. The molecule has 2 aliphatic heterocycles. The molecule has 1 spiro atoms. The summed E-state index contributed by atoms with van der Waals surface area (Å²) in [5, 5.41) is 17.1. The Hall–Kier alpha value is -2.50. The standard InChI is InChI=1S/C18H24F3N5O7S2/c19-18(20,21)12-10-13-14(11-15(12)35(22,31)32)34(30)24-17(23-13)5-7-25(8-6-17)16(27)4-2-1-3-9-33-26(28)29/h10-11,23-24H,1-9H2,(H2,22,31,32). The number of fused-ring (bicyclic) bond motifs is 1. The molecule has 2 aliphatic rings. The fourth-order valence-electron chi connectivity index (χ4n) is 4.00. The minimum Gasteiger partial charge on any atom is -0.365 e. The third-order valence-electron chi connectivity index (χ3n) is 5.76. The molecule has 3 rings (SSSR count). The summed E-state index contributed by atoms with van der Waals surface area (Å²) in [5.74, 6) is -0.135. The van der Waals surface area contributed by atoms with E-state index in [9.17, 15) is 40.7 Å².